The first-order valence-electron chi connectivity index (χ1n) is 12.5. The molecular weight excluding hydrogens is 442 g/mol. The maximum atomic E-state index is 13.3. The second-order valence-corrected chi connectivity index (χ2v) is 11.1. The second kappa shape index (κ2) is 9.94. The molecule has 6 heteroatoms. The van der Waals surface area contributed by atoms with E-state index in [1.807, 2.05) is 18.2 Å². The first kappa shape index (κ1) is 25.1. The summed E-state index contributed by atoms with van der Waals surface area (Å²) in [5, 5.41) is 31.4. The van der Waals surface area contributed by atoms with Crippen molar-refractivity contribution in [2.75, 3.05) is 0 Å². The van der Waals surface area contributed by atoms with E-state index in [1.54, 1.807) is 20.0 Å². The van der Waals surface area contributed by atoms with Gasteiger partial charge in [0, 0.05) is 23.6 Å². The van der Waals surface area contributed by atoms with Crippen molar-refractivity contribution < 1.29 is 24.9 Å². The van der Waals surface area contributed by atoms with Crippen molar-refractivity contribution in [3.8, 4) is 11.3 Å². The van der Waals surface area contributed by atoms with Gasteiger partial charge in [0.2, 0.25) is 0 Å². The topological polar surface area (TPSA) is 108 Å². The molecule has 1 aromatic carbocycles. The van der Waals surface area contributed by atoms with E-state index in [0.29, 0.717) is 12.8 Å². The number of carboxylic acids is 1. The van der Waals surface area contributed by atoms with E-state index in [2.05, 4.69) is 29.2 Å². The van der Waals surface area contributed by atoms with E-state index < -0.39 is 17.5 Å². The molecule has 2 atom stereocenters. The SMILES string of the molecule is CC(C)(CC(=O)O)C(O)=C1C(=O)CC2(CCC2)CC(Cc2ccc(-c3ccccn3)cc2)CC1O. The zero-order valence-corrected chi connectivity index (χ0v) is 20.5. The molecule has 0 saturated heterocycles. The lowest BCUT2D eigenvalue weighted by molar-refractivity contribution is -0.139. The molecule has 6 nitrogen and oxygen atoms in total. The Kier molecular flexibility index (Phi) is 7.13. The Bertz CT molecular complexity index is 1100. The second-order valence-electron chi connectivity index (χ2n) is 11.1. The number of benzene rings is 1. The number of carboxylic acid groups (broad SMARTS) is 1. The normalized spacial score (nSPS) is 23.8. The Labute approximate surface area is 206 Å². The van der Waals surface area contributed by atoms with E-state index in [1.165, 1.54) is 0 Å². The molecule has 2 unspecified atom stereocenters. The third-order valence-corrected chi connectivity index (χ3v) is 7.79. The summed E-state index contributed by atoms with van der Waals surface area (Å²) in [5.74, 6) is -1.44. The molecule has 0 bridgehead atoms. The highest BCUT2D eigenvalue weighted by Gasteiger charge is 2.45. The number of ketones is 1. The molecule has 1 aromatic heterocycles. The van der Waals surface area contributed by atoms with Crippen LogP contribution in [0.3, 0.4) is 0 Å². The highest BCUT2D eigenvalue weighted by atomic mass is 16.4. The van der Waals surface area contributed by atoms with Gasteiger partial charge in [0.1, 0.15) is 5.76 Å². The van der Waals surface area contributed by atoms with Crippen molar-refractivity contribution in [2.45, 2.75) is 71.3 Å². The summed E-state index contributed by atoms with van der Waals surface area (Å²) < 4.78 is 0. The smallest absolute Gasteiger partial charge is 0.304 e. The molecule has 1 heterocycles. The number of Topliss-reactive ketones (excluding diaryl/α,β-unsaturated/α-hetero) is 1. The van der Waals surface area contributed by atoms with Gasteiger partial charge in [0.15, 0.2) is 5.78 Å². The van der Waals surface area contributed by atoms with Crippen LogP contribution in [0.4, 0.5) is 0 Å². The highest BCUT2D eigenvalue weighted by Crippen LogP contribution is 2.52. The molecule has 0 amide bonds. The van der Waals surface area contributed by atoms with E-state index in [9.17, 15) is 24.9 Å². The van der Waals surface area contributed by atoms with Gasteiger partial charge in [-0.05, 0) is 61.1 Å². The molecule has 4 rings (SSSR count). The van der Waals surface area contributed by atoms with Crippen molar-refractivity contribution in [3.63, 3.8) is 0 Å². The Hall–Kier alpha value is -2.99. The van der Waals surface area contributed by atoms with Crippen molar-refractivity contribution in [3.05, 3.63) is 65.6 Å². The van der Waals surface area contributed by atoms with Gasteiger partial charge < -0.3 is 15.3 Å². The van der Waals surface area contributed by atoms with E-state index in [-0.39, 0.29) is 34.9 Å². The Balaban J connectivity index is 1.59. The third kappa shape index (κ3) is 5.64. The van der Waals surface area contributed by atoms with Gasteiger partial charge >= 0.3 is 5.97 Å². The van der Waals surface area contributed by atoms with Crippen molar-refractivity contribution in [1.82, 2.24) is 4.98 Å². The van der Waals surface area contributed by atoms with Crippen LogP contribution in [0.15, 0.2) is 60.0 Å². The molecule has 2 aromatic rings. The van der Waals surface area contributed by atoms with E-state index >= 15 is 0 Å². The van der Waals surface area contributed by atoms with Gasteiger partial charge in [-0.3, -0.25) is 14.6 Å². The number of aromatic nitrogens is 1. The zero-order chi connectivity index (χ0) is 25.2. The number of allylic oxidation sites excluding steroid dienone is 1. The average molecular weight is 478 g/mol. The number of carbonyl (C=O) groups is 2. The van der Waals surface area contributed by atoms with Gasteiger partial charge in [-0.2, -0.15) is 0 Å². The van der Waals surface area contributed by atoms with Gasteiger partial charge in [-0.1, -0.05) is 50.6 Å². The lowest BCUT2D eigenvalue weighted by Crippen LogP contribution is -2.40. The van der Waals surface area contributed by atoms with Gasteiger partial charge in [-0.25, -0.2) is 0 Å². The molecular formula is C29H35NO5. The number of aliphatic carboxylic acids is 1. The van der Waals surface area contributed by atoms with Gasteiger partial charge in [0.05, 0.1) is 23.8 Å². The molecule has 2 aliphatic carbocycles. The van der Waals surface area contributed by atoms with Crippen LogP contribution in [0.1, 0.15) is 64.4 Å². The van der Waals surface area contributed by atoms with Crippen LogP contribution in [-0.4, -0.2) is 38.2 Å². The molecule has 2 fully saturated rings. The van der Waals surface area contributed by atoms with Crippen LogP contribution in [0.25, 0.3) is 11.3 Å². The number of rotatable bonds is 6. The first-order chi connectivity index (χ1) is 16.6. The lowest BCUT2D eigenvalue weighted by atomic mass is 9.58. The minimum Gasteiger partial charge on any atom is -0.511 e. The van der Waals surface area contributed by atoms with Crippen molar-refractivity contribution in [2.24, 2.45) is 16.7 Å². The third-order valence-electron chi connectivity index (χ3n) is 7.79. The van der Waals surface area contributed by atoms with E-state index in [4.69, 9.17) is 0 Å². The van der Waals surface area contributed by atoms with Gasteiger partial charge in [-0.15, -0.1) is 0 Å². The van der Waals surface area contributed by atoms with Crippen LogP contribution < -0.4 is 0 Å². The predicted octanol–water partition coefficient (Wildman–Crippen LogP) is 5.50. The molecule has 2 aliphatic rings. The molecule has 3 N–H and O–H groups in total. The number of hydrogen-bond acceptors (Lipinski definition) is 5. The van der Waals surface area contributed by atoms with Crippen LogP contribution in [0.5, 0.6) is 0 Å². The van der Waals surface area contributed by atoms with Crippen LogP contribution in [0.2, 0.25) is 0 Å². The van der Waals surface area contributed by atoms with Gasteiger partial charge in [0.25, 0.3) is 0 Å². The summed E-state index contributed by atoms with van der Waals surface area (Å²) in [7, 11) is 0. The molecule has 1 spiro atoms. The average Bonchev–Trinajstić information content (AvgIpc) is 2.77. The molecule has 186 valence electrons. The monoisotopic (exact) mass is 477 g/mol. The fourth-order valence-corrected chi connectivity index (χ4v) is 5.83. The standard InChI is InChI=1S/C29H35NO5/c1-28(2,18-25(33)34)27(35)26-23(31)15-20(16-29(11-5-12-29)17-24(26)32)14-19-7-9-21(10-8-19)22-6-3-4-13-30-22/h3-4,6-10,13,20,23,31,35H,5,11-12,14-18H2,1-2H3,(H,33,34). The van der Waals surface area contributed by atoms with Crippen LogP contribution in [0, 0.1) is 16.7 Å². The Morgan fingerprint density at radius 2 is 1.83 bits per heavy atom. The van der Waals surface area contributed by atoms with Crippen molar-refractivity contribution >= 4 is 11.8 Å². The highest BCUT2D eigenvalue weighted by molar-refractivity contribution is 5.97. The quantitative estimate of drug-likeness (QED) is 0.374. The summed E-state index contributed by atoms with van der Waals surface area (Å²) in [6, 6.07) is 14.1. The summed E-state index contributed by atoms with van der Waals surface area (Å²) in [6.45, 7) is 3.20. The predicted molar refractivity (Wildman–Crippen MR) is 134 cm³/mol. The summed E-state index contributed by atoms with van der Waals surface area (Å²) in [4.78, 5) is 29.0. The zero-order valence-electron chi connectivity index (χ0n) is 20.5. The summed E-state index contributed by atoms with van der Waals surface area (Å²) in [5.41, 5.74) is 1.89. The van der Waals surface area contributed by atoms with Crippen LogP contribution in [-0.2, 0) is 16.0 Å². The minimum absolute atomic E-state index is 0.0118. The molecule has 2 saturated carbocycles. The number of aliphatic hydroxyl groups excluding tert-OH is 2. The number of nitrogens with zero attached hydrogens (tertiary/aromatic N) is 1. The fraction of sp³-hybridized carbons (Fsp3) is 0.483. The first-order valence-corrected chi connectivity index (χ1v) is 12.5. The maximum Gasteiger partial charge on any atom is 0.304 e. The summed E-state index contributed by atoms with van der Waals surface area (Å²) in [6.07, 6.45) is 5.64. The molecule has 0 aliphatic heterocycles. The summed E-state index contributed by atoms with van der Waals surface area (Å²) >= 11 is 0. The largest absolute Gasteiger partial charge is 0.511 e. The van der Waals surface area contributed by atoms with Crippen molar-refractivity contribution in [1.29, 1.82) is 0 Å². The minimum atomic E-state index is -1.14. The lowest BCUT2D eigenvalue weighted by Gasteiger charge is -2.46. The fourth-order valence-electron chi connectivity index (χ4n) is 5.83. The maximum absolute atomic E-state index is 13.3. The number of carbonyl (C=O) groups excluding carboxylic acids is 1. The van der Waals surface area contributed by atoms with Crippen LogP contribution >= 0.6 is 0 Å². The number of hydrogen-bond donors (Lipinski definition) is 3. The van der Waals surface area contributed by atoms with E-state index in [0.717, 1.165) is 48.9 Å². The number of pyridine rings is 1. The number of aliphatic hydroxyl groups is 2. The molecule has 35 heavy (non-hydrogen) atoms. The molecule has 0 radical (unpaired) electrons. The Morgan fingerprint density at radius 3 is 2.40 bits per heavy atom. The Morgan fingerprint density at radius 1 is 1.11 bits per heavy atom.